The Morgan fingerprint density at radius 2 is 1.57 bits per heavy atom. The maximum atomic E-state index is 9.25. The van der Waals surface area contributed by atoms with Gasteiger partial charge in [-0.25, -0.2) is 0 Å². The molecule has 0 bridgehead atoms. The summed E-state index contributed by atoms with van der Waals surface area (Å²) in [5.41, 5.74) is 0. The van der Waals surface area contributed by atoms with Gasteiger partial charge in [-0.2, -0.15) is 0 Å². The van der Waals surface area contributed by atoms with Crippen molar-refractivity contribution in [3.8, 4) is 0 Å². The van der Waals surface area contributed by atoms with Crippen molar-refractivity contribution in [3.05, 3.63) is 0 Å². The number of hydrogen-bond acceptors (Lipinski definition) is 5. The van der Waals surface area contributed by atoms with Crippen LogP contribution in [0.15, 0.2) is 0 Å². The van der Waals surface area contributed by atoms with Crippen LogP contribution in [0.25, 0.3) is 0 Å². The molecule has 0 aromatic carbocycles. The predicted molar refractivity (Wildman–Crippen MR) is 51.0 cm³/mol. The molecule has 0 saturated heterocycles. The van der Waals surface area contributed by atoms with Crippen molar-refractivity contribution in [1.29, 1.82) is 0 Å². The van der Waals surface area contributed by atoms with Crippen molar-refractivity contribution >= 4 is 0 Å². The topological polar surface area (TPSA) is 79.2 Å². The Labute approximate surface area is 84.3 Å². The third kappa shape index (κ3) is 8.40. The van der Waals surface area contributed by atoms with E-state index in [2.05, 4.69) is 0 Å². The quantitative estimate of drug-likeness (QED) is 0.430. The second-order valence-corrected chi connectivity index (χ2v) is 3.05. The lowest BCUT2D eigenvalue weighted by atomic mass is 10.3. The van der Waals surface area contributed by atoms with Gasteiger partial charge in [0.05, 0.1) is 39.1 Å². The van der Waals surface area contributed by atoms with Crippen molar-refractivity contribution in [3.63, 3.8) is 0 Å². The molecule has 5 nitrogen and oxygen atoms in total. The fourth-order valence-corrected chi connectivity index (χ4v) is 0.790. The van der Waals surface area contributed by atoms with Gasteiger partial charge in [0.15, 0.2) is 0 Å². The molecule has 14 heavy (non-hydrogen) atoms. The van der Waals surface area contributed by atoms with Gasteiger partial charge in [0, 0.05) is 0 Å². The summed E-state index contributed by atoms with van der Waals surface area (Å²) in [5.74, 6) is 0. The van der Waals surface area contributed by atoms with Crippen molar-refractivity contribution in [1.82, 2.24) is 0 Å². The summed E-state index contributed by atoms with van der Waals surface area (Å²) < 4.78 is 9.92. The first-order valence-corrected chi connectivity index (χ1v) is 4.83. The molecule has 2 atom stereocenters. The molecule has 5 heteroatoms. The molecule has 0 amide bonds. The fourth-order valence-electron chi connectivity index (χ4n) is 0.790. The Balaban J connectivity index is 3.21. The van der Waals surface area contributed by atoms with Crippen LogP contribution in [0.2, 0.25) is 0 Å². The Morgan fingerprint density at radius 1 is 1.00 bits per heavy atom. The van der Waals surface area contributed by atoms with E-state index in [0.717, 1.165) is 0 Å². The fraction of sp³-hybridized carbons (Fsp3) is 1.00. The molecule has 2 unspecified atom stereocenters. The third-order valence-corrected chi connectivity index (χ3v) is 1.64. The van der Waals surface area contributed by atoms with Gasteiger partial charge in [-0.15, -0.1) is 0 Å². The minimum Gasteiger partial charge on any atom is -0.394 e. The van der Waals surface area contributed by atoms with Crippen molar-refractivity contribution < 1.29 is 24.8 Å². The van der Waals surface area contributed by atoms with Crippen molar-refractivity contribution in [2.45, 2.75) is 25.6 Å². The number of hydrogen-bond donors (Lipinski definition) is 3. The summed E-state index contributed by atoms with van der Waals surface area (Å²) in [6, 6.07) is 0. The Bertz CT molecular complexity index is 120. The van der Waals surface area contributed by atoms with E-state index < -0.39 is 12.2 Å². The molecule has 0 aliphatic rings. The first-order chi connectivity index (χ1) is 6.70. The van der Waals surface area contributed by atoms with Crippen LogP contribution in [0.3, 0.4) is 0 Å². The Hall–Kier alpha value is -0.200. The molecule has 3 N–H and O–H groups in total. The van der Waals surface area contributed by atoms with Gasteiger partial charge < -0.3 is 24.8 Å². The first kappa shape index (κ1) is 13.8. The SMILES string of the molecule is CCC(O)COCC(O)COCCO. The van der Waals surface area contributed by atoms with E-state index >= 15 is 0 Å². The van der Waals surface area contributed by atoms with Crippen LogP contribution in [-0.4, -0.2) is 60.6 Å². The molecule has 0 fully saturated rings. The van der Waals surface area contributed by atoms with Gasteiger partial charge in [0.1, 0.15) is 6.10 Å². The minimum atomic E-state index is -0.703. The van der Waals surface area contributed by atoms with Crippen LogP contribution in [0.5, 0.6) is 0 Å². The summed E-state index contributed by atoms with van der Waals surface area (Å²) in [7, 11) is 0. The molecule has 0 radical (unpaired) electrons. The second kappa shape index (κ2) is 9.36. The standard InChI is InChI=1S/C9H20O5/c1-2-8(11)5-14-7-9(12)6-13-4-3-10/h8-12H,2-7H2,1H3. The lowest BCUT2D eigenvalue weighted by molar-refractivity contribution is -0.0433. The van der Waals surface area contributed by atoms with Crippen LogP contribution in [0.4, 0.5) is 0 Å². The molecular formula is C9H20O5. The van der Waals surface area contributed by atoms with E-state index in [-0.39, 0.29) is 33.0 Å². The van der Waals surface area contributed by atoms with Gasteiger partial charge in [-0.1, -0.05) is 6.92 Å². The Morgan fingerprint density at radius 3 is 2.14 bits per heavy atom. The van der Waals surface area contributed by atoms with Crippen molar-refractivity contribution in [2.24, 2.45) is 0 Å². The molecule has 0 aliphatic heterocycles. The van der Waals surface area contributed by atoms with E-state index in [1.165, 1.54) is 0 Å². The van der Waals surface area contributed by atoms with Gasteiger partial charge in [0.25, 0.3) is 0 Å². The van der Waals surface area contributed by atoms with Gasteiger partial charge in [-0.3, -0.25) is 0 Å². The summed E-state index contributed by atoms with van der Waals surface area (Å²) in [5, 5.41) is 26.8. The van der Waals surface area contributed by atoms with E-state index in [4.69, 9.17) is 19.7 Å². The highest BCUT2D eigenvalue weighted by molar-refractivity contribution is 4.54. The van der Waals surface area contributed by atoms with E-state index in [0.29, 0.717) is 6.42 Å². The van der Waals surface area contributed by atoms with Crippen LogP contribution >= 0.6 is 0 Å². The highest BCUT2D eigenvalue weighted by Crippen LogP contribution is 1.93. The molecule has 0 aromatic rings. The molecule has 0 saturated carbocycles. The number of aliphatic hydroxyl groups excluding tert-OH is 3. The highest BCUT2D eigenvalue weighted by Gasteiger charge is 2.06. The monoisotopic (exact) mass is 208 g/mol. The van der Waals surface area contributed by atoms with E-state index in [1.807, 2.05) is 6.92 Å². The average molecular weight is 208 g/mol. The van der Waals surface area contributed by atoms with Gasteiger partial charge >= 0.3 is 0 Å². The Kier molecular flexibility index (Phi) is 9.23. The van der Waals surface area contributed by atoms with Crippen LogP contribution in [-0.2, 0) is 9.47 Å². The molecule has 0 spiro atoms. The lowest BCUT2D eigenvalue weighted by Crippen LogP contribution is -2.25. The molecule has 0 heterocycles. The smallest absolute Gasteiger partial charge is 0.101 e. The number of ether oxygens (including phenoxy) is 2. The molecule has 0 rings (SSSR count). The summed E-state index contributed by atoms with van der Waals surface area (Å²) in [6.45, 7) is 2.53. The molecule has 0 aliphatic carbocycles. The summed E-state index contributed by atoms with van der Waals surface area (Å²) in [6.07, 6.45) is -0.539. The van der Waals surface area contributed by atoms with Crippen LogP contribution in [0, 0.1) is 0 Å². The summed E-state index contributed by atoms with van der Waals surface area (Å²) in [4.78, 5) is 0. The zero-order chi connectivity index (χ0) is 10.8. The maximum absolute atomic E-state index is 9.25. The van der Waals surface area contributed by atoms with Crippen molar-refractivity contribution in [2.75, 3.05) is 33.0 Å². The van der Waals surface area contributed by atoms with Gasteiger partial charge in [0.2, 0.25) is 0 Å². The molecular weight excluding hydrogens is 188 g/mol. The van der Waals surface area contributed by atoms with E-state index in [9.17, 15) is 5.11 Å². The maximum Gasteiger partial charge on any atom is 0.101 e. The lowest BCUT2D eigenvalue weighted by Gasteiger charge is -2.13. The van der Waals surface area contributed by atoms with Crippen LogP contribution < -0.4 is 0 Å². The van der Waals surface area contributed by atoms with E-state index in [1.54, 1.807) is 0 Å². The zero-order valence-corrected chi connectivity index (χ0v) is 8.56. The first-order valence-electron chi connectivity index (χ1n) is 4.83. The number of rotatable bonds is 9. The predicted octanol–water partition coefficient (Wildman–Crippen LogP) is -0.856. The molecule has 86 valence electrons. The third-order valence-electron chi connectivity index (χ3n) is 1.64. The average Bonchev–Trinajstić information content (AvgIpc) is 2.18. The minimum absolute atomic E-state index is 0.0534. The summed E-state index contributed by atoms with van der Waals surface area (Å²) >= 11 is 0. The van der Waals surface area contributed by atoms with Crippen LogP contribution in [0.1, 0.15) is 13.3 Å². The largest absolute Gasteiger partial charge is 0.394 e. The normalized spacial score (nSPS) is 15.4. The molecule has 0 aromatic heterocycles. The van der Waals surface area contributed by atoms with Gasteiger partial charge in [-0.05, 0) is 6.42 Å². The number of aliphatic hydroxyl groups is 3. The zero-order valence-electron chi connectivity index (χ0n) is 8.56. The highest BCUT2D eigenvalue weighted by atomic mass is 16.5. The second-order valence-electron chi connectivity index (χ2n) is 3.05.